The molecular formula is C17H13Cl2FN4. The Bertz CT molecular complexity index is 869. The Morgan fingerprint density at radius 3 is 2.38 bits per heavy atom. The minimum atomic E-state index is -0.301. The van der Waals surface area contributed by atoms with Crippen LogP contribution in [0.15, 0.2) is 48.5 Å². The van der Waals surface area contributed by atoms with Crippen LogP contribution in [0.2, 0.25) is 10.0 Å². The van der Waals surface area contributed by atoms with Crippen LogP contribution in [0.5, 0.6) is 0 Å². The molecule has 24 heavy (non-hydrogen) atoms. The van der Waals surface area contributed by atoms with Crippen LogP contribution in [-0.2, 0) is 0 Å². The maximum absolute atomic E-state index is 13.0. The maximum atomic E-state index is 13.0. The third kappa shape index (κ3) is 4.13. The van der Waals surface area contributed by atoms with E-state index >= 15 is 0 Å². The molecule has 0 amide bonds. The molecule has 0 radical (unpaired) electrons. The second-order valence-electron chi connectivity index (χ2n) is 5.10. The number of aryl methyl sites for hydroxylation is 1. The van der Waals surface area contributed by atoms with Crippen LogP contribution in [-0.4, -0.2) is 9.97 Å². The molecule has 0 unspecified atom stereocenters. The number of benzene rings is 2. The summed E-state index contributed by atoms with van der Waals surface area (Å²) in [5.74, 6) is 0.677. The van der Waals surface area contributed by atoms with Crippen LogP contribution in [0.1, 0.15) is 5.69 Å². The Morgan fingerprint density at radius 1 is 0.917 bits per heavy atom. The van der Waals surface area contributed by atoms with Crippen LogP contribution < -0.4 is 10.6 Å². The summed E-state index contributed by atoms with van der Waals surface area (Å²) in [5, 5.41) is 7.22. The van der Waals surface area contributed by atoms with Gasteiger partial charge in [-0.25, -0.2) is 9.37 Å². The molecule has 0 spiro atoms. The highest BCUT2D eigenvalue weighted by Crippen LogP contribution is 2.28. The van der Waals surface area contributed by atoms with Crippen molar-refractivity contribution in [1.82, 2.24) is 9.97 Å². The number of nitrogens with one attached hydrogen (secondary N) is 2. The first-order valence-electron chi connectivity index (χ1n) is 7.10. The van der Waals surface area contributed by atoms with Gasteiger partial charge in [0.15, 0.2) is 0 Å². The first-order valence-corrected chi connectivity index (χ1v) is 7.85. The fourth-order valence-corrected chi connectivity index (χ4v) is 2.54. The van der Waals surface area contributed by atoms with Gasteiger partial charge < -0.3 is 10.6 Å². The summed E-state index contributed by atoms with van der Waals surface area (Å²) >= 11 is 12.1. The highest BCUT2D eigenvalue weighted by molar-refractivity contribution is 6.36. The van der Waals surface area contributed by atoms with Crippen LogP contribution in [0.25, 0.3) is 0 Å². The minimum Gasteiger partial charge on any atom is -0.339 e. The first kappa shape index (κ1) is 16.5. The quantitative estimate of drug-likeness (QED) is 0.623. The molecule has 4 nitrogen and oxygen atoms in total. The average molecular weight is 363 g/mol. The summed E-state index contributed by atoms with van der Waals surface area (Å²) in [7, 11) is 0. The van der Waals surface area contributed by atoms with Gasteiger partial charge in [-0.3, -0.25) is 0 Å². The van der Waals surface area contributed by atoms with Crippen LogP contribution in [0.4, 0.5) is 27.5 Å². The Labute approximate surface area is 148 Å². The SMILES string of the molecule is Cc1cc(Nc2ccc(Cl)cc2Cl)nc(Nc2ccc(F)cc2)n1. The van der Waals surface area contributed by atoms with Gasteiger partial charge in [0.25, 0.3) is 0 Å². The van der Waals surface area contributed by atoms with E-state index in [0.717, 1.165) is 5.69 Å². The molecule has 0 aliphatic heterocycles. The summed E-state index contributed by atoms with van der Waals surface area (Å²) in [5.41, 5.74) is 2.14. The second-order valence-corrected chi connectivity index (χ2v) is 5.94. The van der Waals surface area contributed by atoms with Crippen molar-refractivity contribution in [3.63, 3.8) is 0 Å². The largest absolute Gasteiger partial charge is 0.339 e. The predicted octanol–water partition coefficient (Wildman–Crippen LogP) is 5.72. The van der Waals surface area contributed by atoms with Gasteiger partial charge in [-0.2, -0.15) is 4.98 Å². The molecule has 1 aromatic heterocycles. The monoisotopic (exact) mass is 362 g/mol. The van der Waals surface area contributed by atoms with Crippen molar-refractivity contribution < 1.29 is 4.39 Å². The predicted molar refractivity (Wildman–Crippen MR) is 96.2 cm³/mol. The molecule has 122 valence electrons. The zero-order valence-electron chi connectivity index (χ0n) is 12.6. The van der Waals surface area contributed by atoms with E-state index in [1.54, 1.807) is 36.4 Å². The number of rotatable bonds is 4. The Hall–Kier alpha value is -2.37. The van der Waals surface area contributed by atoms with Crippen molar-refractivity contribution in [1.29, 1.82) is 0 Å². The van der Waals surface area contributed by atoms with E-state index in [1.807, 2.05) is 6.92 Å². The van der Waals surface area contributed by atoms with Crippen LogP contribution in [0.3, 0.4) is 0 Å². The molecule has 0 fully saturated rings. The Morgan fingerprint density at radius 2 is 1.67 bits per heavy atom. The van der Waals surface area contributed by atoms with Gasteiger partial charge in [0.1, 0.15) is 11.6 Å². The van der Waals surface area contributed by atoms with Gasteiger partial charge in [0, 0.05) is 22.5 Å². The molecule has 2 N–H and O–H groups in total. The molecule has 7 heteroatoms. The van der Waals surface area contributed by atoms with Gasteiger partial charge >= 0.3 is 0 Å². The lowest BCUT2D eigenvalue weighted by atomic mass is 10.3. The number of hydrogen-bond donors (Lipinski definition) is 2. The number of anilines is 4. The van der Waals surface area contributed by atoms with Crippen molar-refractivity contribution in [3.8, 4) is 0 Å². The average Bonchev–Trinajstić information content (AvgIpc) is 2.52. The normalized spacial score (nSPS) is 10.5. The zero-order chi connectivity index (χ0) is 17.1. The fourth-order valence-electron chi connectivity index (χ4n) is 2.08. The first-order chi connectivity index (χ1) is 11.5. The van der Waals surface area contributed by atoms with Gasteiger partial charge in [0.05, 0.1) is 10.7 Å². The summed E-state index contributed by atoms with van der Waals surface area (Å²) in [6.07, 6.45) is 0. The van der Waals surface area contributed by atoms with Crippen LogP contribution in [0, 0.1) is 12.7 Å². The molecule has 0 bridgehead atoms. The van der Waals surface area contributed by atoms with Crippen molar-refractivity contribution in [2.24, 2.45) is 0 Å². The molecule has 0 atom stereocenters. The molecule has 3 rings (SSSR count). The summed E-state index contributed by atoms with van der Waals surface area (Å²) in [6.45, 7) is 1.85. The number of halogens is 3. The topological polar surface area (TPSA) is 49.8 Å². The standard InChI is InChI=1S/C17H13Cl2FN4/c1-10-8-16(23-15-7-2-11(18)9-14(15)19)24-17(21-10)22-13-5-3-12(20)4-6-13/h2-9H,1H3,(H2,21,22,23,24). The van der Waals surface area contributed by atoms with E-state index in [0.29, 0.717) is 33.2 Å². The van der Waals surface area contributed by atoms with Crippen molar-refractivity contribution in [2.75, 3.05) is 10.6 Å². The third-order valence-corrected chi connectivity index (χ3v) is 3.70. The molecule has 3 aromatic rings. The molecule has 0 aliphatic rings. The number of nitrogens with zero attached hydrogens (tertiary/aromatic N) is 2. The highest BCUT2D eigenvalue weighted by Gasteiger charge is 2.06. The van der Waals surface area contributed by atoms with E-state index in [1.165, 1.54) is 12.1 Å². The second kappa shape index (κ2) is 7.03. The molecule has 1 heterocycles. The lowest BCUT2D eigenvalue weighted by Crippen LogP contribution is -2.02. The zero-order valence-corrected chi connectivity index (χ0v) is 14.2. The maximum Gasteiger partial charge on any atom is 0.229 e. The molecule has 0 saturated carbocycles. The molecule has 2 aromatic carbocycles. The van der Waals surface area contributed by atoms with Gasteiger partial charge in [0.2, 0.25) is 5.95 Å². The van der Waals surface area contributed by atoms with Crippen molar-refractivity contribution in [2.45, 2.75) is 6.92 Å². The summed E-state index contributed by atoms with van der Waals surface area (Å²) in [6, 6.07) is 12.9. The highest BCUT2D eigenvalue weighted by atomic mass is 35.5. The third-order valence-electron chi connectivity index (χ3n) is 3.15. The van der Waals surface area contributed by atoms with Gasteiger partial charge in [-0.15, -0.1) is 0 Å². The fraction of sp³-hybridized carbons (Fsp3) is 0.0588. The summed E-state index contributed by atoms with van der Waals surface area (Å²) < 4.78 is 13.0. The van der Waals surface area contributed by atoms with Gasteiger partial charge in [-0.1, -0.05) is 23.2 Å². The molecule has 0 saturated heterocycles. The molecular weight excluding hydrogens is 350 g/mol. The lowest BCUT2D eigenvalue weighted by molar-refractivity contribution is 0.628. The van der Waals surface area contributed by atoms with E-state index in [2.05, 4.69) is 20.6 Å². The molecule has 0 aliphatic carbocycles. The van der Waals surface area contributed by atoms with Crippen molar-refractivity contribution in [3.05, 3.63) is 70.1 Å². The van der Waals surface area contributed by atoms with E-state index in [-0.39, 0.29) is 5.82 Å². The van der Waals surface area contributed by atoms with Crippen LogP contribution >= 0.6 is 23.2 Å². The van der Waals surface area contributed by atoms with E-state index < -0.39 is 0 Å². The lowest BCUT2D eigenvalue weighted by Gasteiger charge is -2.11. The van der Waals surface area contributed by atoms with Gasteiger partial charge in [-0.05, 0) is 49.4 Å². The minimum absolute atomic E-state index is 0.301. The number of aromatic nitrogens is 2. The Kier molecular flexibility index (Phi) is 4.83. The van der Waals surface area contributed by atoms with E-state index in [9.17, 15) is 4.39 Å². The summed E-state index contributed by atoms with van der Waals surface area (Å²) in [4.78, 5) is 8.71. The van der Waals surface area contributed by atoms with Crippen molar-refractivity contribution >= 4 is 46.3 Å². The van der Waals surface area contributed by atoms with E-state index in [4.69, 9.17) is 23.2 Å². The number of hydrogen-bond acceptors (Lipinski definition) is 4. The smallest absolute Gasteiger partial charge is 0.229 e. The Balaban J connectivity index is 1.84.